The first-order valence-corrected chi connectivity index (χ1v) is 8.64. The average molecular weight is 364 g/mol. The van der Waals surface area contributed by atoms with Gasteiger partial charge in [0.25, 0.3) is 0 Å². The summed E-state index contributed by atoms with van der Waals surface area (Å²) in [5, 5.41) is 6.92. The molecule has 0 unspecified atom stereocenters. The van der Waals surface area contributed by atoms with Crippen LogP contribution in [0.2, 0.25) is 0 Å². The monoisotopic (exact) mass is 364 g/mol. The zero-order valence-electron chi connectivity index (χ0n) is 14.4. The van der Waals surface area contributed by atoms with Gasteiger partial charge in [-0.2, -0.15) is 0 Å². The highest BCUT2D eigenvalue weighted by Gasteiger charge is 2.01. The van der Waals surface area contributed by atoms with E-state index in [9.17, 15) is 0 Å². The van der Waals surface area contributed by atoms with E-state index >= 15 is 0 Å². The molecule has 0 aliphatic carbocycles. The highest BCUT2D eigenvalue weighted by atomic mass is 32.1. The summed E-state index contributed by atoms with van der Waals surface area (Å²) in [5.41, 5.74) is 2.03. The molecule has 5 heteroatoms. The van der Waals surface area contributed by atoms with Crippen molar-refractivity contribution in [3.63, 3.8) is 0 Å². The number of thiocarbonyl (C=S) groups is 1. The number of anilines is 1. The topological polar surface area (TPSA) is 42.5 Å². The second-order valence-corrected chi connectivity index (χ2v) is 6.00. The summed E-state index contributed by atoms with van der Waals surface area (Å²) in [5.74, 6) is 2.43. The summed E-state index contributed by atoms with van der Waals surface area (Å²) in [6.07, 6.45) is 0. The minimum atomic E-state index is 0.567. The number of hydrogen-bond acceptors (Lipinski definition) is 3. The maximum absolute atomic E-state index is 5.78. The summed E-state index contributed by atoms with van der Waals surface area (Å²) >= 11 is 5.34. The van der Waals surface area contributed by atoms with Crippen LogP contribution in [0, 0.1) is 0 Å². The van der Waals surface area contributed by atoms with Crippen LogP contribution < -0.4 is 20.1 Å². The Labute approximate surface area is 158 Å². The van der Waals surface area contributed by atoms with Gasteiger partial charge in [0.1, 0.15) is 17.2 Å². The molecule has 0 radical (unpaired) electrons. The summed E-state index contributed by atoms with van der Waals surface area (Å²) in [6, 6.07) is 25.2. The standard InChI is InChI=1S/C21H20N2O2S/c1-24-18-11-7-16(8-12-18)15-22-21(26)23-17-9-13-20(14-10-17)25-19-5-3-2-4-6-19/h2-14H,15H2,1H3,(H2,22,23,26). The van der Waals surface area contributed by atoms with E-state index < -0.39 is 0 Å². The van der Waals surface area contributed by atoms with Crippen molar-refractivity contribution in [3.05, 3.63) is 84.4 Å². The van der Waals surface area contributed by atoms with Gasteiger partial charge < -0.3 is 20.1 Å². The van der Waals surface area contributed by atoms with Gasteiger partial charge in [-0.1, -0.05) is 30.3 Å². The van der Waals surface area contributed by atoms with E-state index in [1.54, 1.807) is 7.11 Å². The predicted octanol–water partition coefficient (Wildman–Crippen LogP) is 4.97. The second-order valence-electron chi connectivity index (χ2n) is 5.60. The van der Waals surface area contributed by atoms with Crippen molar-refractivity contribution in [3.8, 4) is 17.2 Å². The van der Waals surface area contributed by atoms with E-state index in [-0.39, 0.29) is 0 Å². The van der Waals surface area contributed by atoms with Crippen LogP contribution in [0.15, 0.2) is 78.9 Å². The van der Waals surface area contributed by atoms with Crippen LogP contribution in [-0.2, 0) is 6.54 Å². The first kappa shape index (κ1) is 17.8. The number of rotatable bonds is 6. The van der Waals surface area contributed by atoms with E-state index in [0.717, 1.165) is 28.5 Å². The van der Waals surface area contributed by atoms with E-state index in [4.69, 9.17) is 21.7 Å². The fourth-order valence-corrected chi connectivity index (χ4v) is 2.52. The van der Waals surface area contributed by atoms with Crippen LogP contribution in [-0.4, -0.2) is 12.2 Å². The van der Waals surface area contributed by atoms with Crippen LogP contribution in [0.3, 0.4) is 0 Å². The van der Waals surface area contributed by atoms with Gasteiger partial charge in [-0.05, 0) is 66.3 Å². The molecular formula is C21H20N2O2S. The van der Waals surface area contributed by atoms with Crippen molar-refractivity contribution in [2.75, 3.05) is 12.4 Å². The Morgan fingerprint density at radius 1 is 0.808 bits per heavy atom. The van der Waals surface area contributed by atoms with Crippen LogP contribution in [0.25, 0.3) is 0 Å². The maximum Gasteiger partial charge on any atom is 0.171 e. The highest BCUT2D eigenvalue weighted by Crippen LogP contribution is 2.22. The third kappa shape index (κ3) is 5.22. The third-order valence-electron chi connectivity index (χ3n) is 3.70. The molecule has 3 aromatic carbocycles. The van der Waals surface area contributed by atoms with Crippen molar-refractivity contribution in [1.82, 2.24) is 5.32 Å². The lowest BCUT2D eigenvalue weighted by molar-refractivity contribution is 0.414. The fraction of sp³-hybridized carbons (Fsp3) is 0.0952. The largest absolute Gasteiger partial charge is 0.497 e. The Morgan fingerprint density at radius 2 is 1.42 bits per heavy atom. The molecule has 0 amide bonds. The quantitative estimate of drug-likeness (QED) is 0.604. The minimum Gasteiger partial charge on any atom is -0.497 e. The number of hydrogen-bond donors (Lipinski definition) is 2. The fourth-order valence-electron chi connectivity index (χ4n) is 2.33. The Bertz CT molecular complexity index is 834. The molecule has 0 aliphatic rings. The minimum absolute atomic E-state index is 0.567. The molecule has 132 valence electrons. The summed E-state index contributed by atoms with van der Waals surface area (Å²) < 4.78 is 10.9. The molecule has 2 N–H and O–H groups in total. The Kier molecular flexibility index (Phi) is 6.06. The maximum atomic E-state index is 5.78. The van der Waals surface area contributed by atoms with Gasteiger partial charge in [0.2, 0.25) is 0 Å². The van der Waals surface area contributed by atoms with Crippen LogP contribution in [0.4, 0.5) is 5.69 Å². The molecule has 0 bridgehead atoms. The van der Waals surface area contributed by atoms with Crippen molar-refractivity contribution in [2.45, 2.75) is 6.54 Å². The molecule has 0 spiro atoms. The number of ether oxygens (including phenoxy) is 2. The SMILES string of the molecule is COc1ccc(CNC(=S)Nc2ccc(Oc3ccccc3)cc2)cc1. The molecule has 3 rings (SSSR count). The lowest BCUT2D eigenvalue weighted by Crippen LogP contribution is -2.27. The zero-order valence-corrected chi connectivity index (χ0v) is 15.3. The number of nitrogens with one attached hydrogen (secondary N) is 2. The van der Waals surface area contributed by atoms with Crippen molar-refractivity contribution < 1.29 is 9.47 Å². The first-order chi connectivity index (χ1) is 12.7. The van der Waals surface area contributed by atoms with Crippen molar-refractivity contribution in [1.29, 1.82) is 0 Å². The van der Waals surface area contributed by atoms with Crippen molar-refractivity contribution >= 4 is 23.0 Å². The normalized spacial score (nSPS) is 10.0. The molecule has 26 heavy (non-hydrogen) atoms. The van der Waals surface area contributed by atoms with Gasteiger partial charge in [0.05, 0.1) is 7.11 Å². The van der Waals surface area contributed by atoms with E-state index in [2.05, 4.69) is 10.6 Å². The van der Waals surface area contributed by atoms with E-state index in [1.807, 2.05) is 78.9 Å². The zero-order chi connectivity index (χ0) is 18.2. The van der Waals surface area contributed by atoms with Gasteiger partial charge in [-0.15, -0.1) is 0 Å². The second kappa shape index (κ2) is 8.87. The smallest absolute Gasteiger partial charge is 0.171 e. The summed E-state index contributed by atoms with van der Waals surface area (Å²) in [4.78, 5) is 0. The third-order valence-corrected chi connectivity index (χ3v) is 3.95. The number of benzene rings is 3. The summed E-state index contributed by atoms with van der Waals surface area (Å²) in [7, 11) is 1.66. The van der Waals surface area contributed by atoms with E-state index in [0.29, 0.717) is 11.7 Å². The molecule has 4 nitrogen and oxygen atoms in total. The lowest BCUT2D eigenvalue weighted by atomic mass is 10.2. The van der Waals surface area contributed by atoms with E-state index in [1.165, 1.54) is 0 Å². The van der Waals surface area contributed by atoms with Gasteiger partial charge >= 0.3 is 0 Å². The summed E-state index contributed by atoms with van der Waals surface area (Å²) in [6.45, 7) is 0.644. The lowest BCUT2D eigenvalue weighted by Gasteiger charge is -2.12. The molecule has 0 saturated heterocycles. The van der Waals surface area contributed by atoms with Crippen molar-refractivity contribution in [2.24, 2.45) is 0 Å². The van der Waals surface area contributed by atoms with Gasteiger partial charge in [-0.25, -0.2) is 0 Å². The van der Waals surface area contributed by atoms with Crippen LogP contribution >= 0.6 is 12.2 Å². The molecule has 3 aromatic rings. The Morgan fingerprint density at radius 3 is 2.08 bits per heavy atom. The molecule has 0 saturated carbocycles. The Balaban J connectivity index is 1.49. The average Bonchev–Trinajstić information content (AvgIpc) is 2.69. The van der Waals surface area contributed by atoms with Crippen LogP contribution in [0.5, 0.6) is 17.2 Å². The molecule has 0 aliphatic heterocycles. The van der Waals surface area contributed by atoms with Gasteiger partial charge in [0.15, 0.2) is 5.11 Å². The van der Waals surface area contributed by atoms with Gasteiger partial charge in [0, 0.05) is 12.2 Å². The Hall–Kier alpha value is -3.05. The number of para-hydroxylation sites is 1. The molecular weight excluding hydrogens is 344 g/mol. The molecule has 0 fully saturated rings. The highest BCUT2D eigenvalue weighted by molar-refractivity contribution is 7.80. The number of methoxy groups -OCH3 is 1. The first-order valence-electron chi connectivity index (χ1n) is 8.24. The van der Waals surface area contributed by atoms with Crippen LogP contribution in [0.1, 0.15) is 5.56 Å². The molecule has 0 heterocycles. The van der Waals surface area contributed by atoms with Gasteiger partial charge in [-0.3, -0.25) is 0 Å². The predicted molar refractivity (Wildman–Crippen MR) is 109 cm³/mol. The molecule has 0 atom stereocenters. The molecule has 0 aromatic heterocycles.